The molecule has 18 heavy (non-hydrogen) atoms. The van der Waals surface area contributed by atoms with Gasteiger partial charge in [-0.15, -0.1) is 0 Å². The fourth-order valence-corrected chi connectivity index (χ4v) is 2.73. The molecule has 0 aromatic carbocycles. The predicted octanol–water partition coefficient (Wildman–Crippen LogP) is 3.90. The van der Waals surface area contributed by atoms with Gasteiger partial charge in [0.05, 0.1) is 0 Å². The lowest BCUT2D eigenvalue weighted by molar-refractivity contribution is 0.479. The van der Waals surface area contributed by atoms with Crippen LogP contribution in [0.15, 0.2) is 6.07 Å². The highest BCUT2D eigenvalue weighted by molar-refractivity contribution is 5.30. The summed E-state index contributed by atoms with van der Waals surface area (Å²) in [6.45, 7) is 8.65. The van der Waals surface area contributed by atoms with Crippen LogP contribution in [0.1, 0.15) is 63.8 Å². The maximum Gasteiger partial charge on any atom is 0.223 e. The molecule has 0 aliphatic heterocycles. The molecule has 0 bridgehead atoms. The van der Waals surface area contributed by atoms with Crippen LogP contribution in [0.3, 0.4) is 0 Å². The van der Waals surface area contributed by atoms with E-state index in [1.165, 1.54) is 25.7 Å². The first kappa shape index (κ1) is 13.3. The van der Waals surface area contributed by atoms with E-state index in [1.807, 2.05) is 6.92 Å². The Morgan fingerprint density at radius 3 is 2.44 bits per heavy atom. The molecule has 0 saturated heterocycles. The first-order valence-corrected chi connectivity index (χ1v) is 7.18. The van der Waals surface area contributed by atoms with E-state index in [0.717, 1.165) is 23.3 Å². The molecule has 0 spiro atoms. The van der Waals surface area contributed by atoms with Crippen LogP contribution >= 0.6 is 0 Å². The van der Waals surface area contributed by atoms with E-state index < -0.39 is 0 Å². The zero-order chi connectivity index (χ0) is 13.1. The molecule has 1 N–H and O–H groups in total. The third kappa shape index (κ3) is 3.21. The summed E-state index contributed by atoms with van der Waals surface area (Å²) in [5.41, 5.74) is 2.18. The van der Waals surface area contributed by atoms with Crippen LogP contribution in [0.2, 0.25) is 0 Å². The molecule has 3 nitrogen and oxygen atoms in total. The summed E-state index contributed by atoms with van der Waals surface area (Å²) in [6, 6.07) is 2.56. The van der Waals surface area contributed by atoms with Gasteiger partial charge in [-0.2, -0.15) is 0 Å². The van der Waals surface area contributed by atoms with Crippen molar-refractivity contribution >= 4 is 5.95 Å². The quantitative estimate of drug-likeness (QED) is 0.877. The minimum Gasteiger partial charge on any atom is -0.351 e. The van der Waals surface area contributed by atoms with E-state index >= 15 is 0 Å². The van der Waals surface area contributed by atoms with Gasteiger partial charge in [-0.25, -0.2) is 9.97 Å². The van der Waals surface area contributed by atoms with E-state index in [4.69, 9.17) is 0 Å². The van der Waals surface area contributed by atoms with E-state index in [-0.39, 0.29) is 0 Å². The van der Waals surface area contributed by atoms with Crippen LogP contribution < -0.4 is 5.32 Å². The fraction of sp³-hybridized carbons (Fsp3) is 0.733. The molecule has 1 aliphatic rings. The van der Waals surface area contributed by atoms with Gasteiger partial charge in [0.25, 0.3) is 0 Å². The van der Waals surface area contributed by atoms with Gasteiger partial charge in [0, 0.05) is 17.4 Å². The molecule has 1 heterocycles. The van der Waals surface area contributed by atoms with Crippen molar-refractivity contribution in [2.75, 3.05) is 5.32 Å². The summed E-state index contributed by atoms with van der Waals surface area (Å²) in [7, 11) is 0. The minimum atomic E-state index is 0.453. The van der Waals surface area contributed by atoms with E-state index in [0.29, 0.717) is 12.0 Å². The van der Waals surface area contributed by atoms with Crippen molar-refractivity contribution in [3.8, 4) is 0 Å². The highest BCUT2D eigenvalue weighted by Crippen LogP contribution is 2.28. The third-order valence-corrected chi connectivity index (χ3v) is 3.93. The van der Waals surface area contributed by atoms with Gasteiger partial charge in [-0.05, 0) is 44.6 Å². The first-order chi connectivity index (χ1) is 8.56. The van der Waals surface area contributed by atoms with E-state index in [9.17, 15) is 0 Å². The van der Waals surface area contributed by atoms with Crippen molar-refractivity contribution in [1.82, 2.24) is 9.97 Å². The Kier molecular flexibility index (Phi) is 4.20. The number of aryl methyl sites for hydroxylation is 1. The second-order valence-electron chi connectivity index (χ2n) is 5.89. The van der Waals surface area contributed by atoms with Gasteiger partial charge in [0.1, 0.15) is 0 Å². The minimum absolute atomic E-state index is 0.453. The van der Waals surface area contributed by atoms with Crippen LogP contribution in [-0.2, 0) is 0 Å². The second-order valence-corrected chi connectivity index (χ2v) is 5.89. The molecular weight excluding hydrogens is 222 g/mol. The standard InChI is InChI=1S/C15H25N3/c1-10(2)14-9-11(3)16-15(18-14)17-12(4)13-7-5-6-8-13/h9-10,12-13H,5-8H2,1-4H3,(H,16,17,18). The van der Waals surface area contributed by atoms with Crippen molar-refractivity contribution in [3.05, 3.63) is 17.5 Å². The molecule has 0 amide bonds. The SMILES string of the molecule is Cc1cc(C(C)C)nc(NC(C)C2CCCC2)n1. The molecule has 0 radical (unpaired) electrons. The third-order valence-electron chi connectivity index (χ3n) is 3.93. The highest BCUT2D eigenvalue weighted by atomic mass is 15.1. The molecule has 1 aromatic rings. The number of nitrogens with one attached hydrogen (secondary N) is 1. The molecule has 1 saturated carbocycles. The van der Waals surface area contributed by atoms with Crippen molar-refractivity contribution in [3.63, 3.8) is 0 Å². The van der Waals surface area contributed by atoms with Crippen LogP contribution in [0, 0.1) is 12.8 Å². The Bertz CT molecular complexity index is 395. The summed E-state index contributed by atoms with van der Waals surface area (Å²) >= 11 is 0. The first-order valence-electron chi connectivity index (χ1n) is 7.18. The van der Waals surface area contributed by atoms with Gasteiger partial charge >= 0.3 is 0 Å². The van der Waals surface area contributed by atoms with Crippen molar-refractivity contribution in [2.24, 2.45) is 5.92 Å². The van der Waals surface area contributed by atoms with Crippen molar-refractivity contribution in [1.29, 1.82) is 0 Å². The van der Waals surface area contributed by atoms with Gasteiger partial charge in [0.2, 0.25) is 5.95 Å². The van der Waals surface area contributed by atoms with Crippen LogP contribution in [-0.4, -0.2) is 16.0 Å². The Hall–Kier alpha value is -1.12. The monoisotopic (exact) mass is 247 g/mol. The molecule has 1 atom stereocenters. The van der Waals surface area contributed by atoms with Crippen LogP contribution in [0.5, 0.6) is 0 Å². The second kappa shape index (κ2) is 5.68. The van der Waals surface area contributed by atoms with Gasteiger partial charge in [-0.1, -0.05) is 26.7 Å². The normalized spacial score (nSPS) is 18.3. The molecule has 1 fully saturated rings. The van der Waals surface area contributed by atoms with Crippen molar-refractivity contribution < 1.29 is 0 Å². The molecule has 3 heteroatoms. The summed E-state index contributed by atoms with van der Waals surface area (Å²) < 4.78 is 0. The topological polar surface area (TPSA) is 37.8 Å². The Balaban J connectivity index is 2.08. The highest BCUT2D eigenvalue weighted by Gasteiger charge is 2.22. The lowest BCUT2D eigenvalue weighted by Gasteiger charge is -2.21. The fourth-order valence-electron chi connectivity index (χ4n) is 2.73. The average Bonchev–Trinajstić information content (AvgIpc) is 2.81. The lowest BCUT2D eigenvalue weighted by atomic mass is 10.0. The van der Waals surface area contributed by atoms with Gasteiger partial charge in [-0.3, -0.25) is 0 Å². The molecule has 100 valence electrons. The van der Waals surface area contributed by atoms with Gasteiger partial charge < -0.3 is 5.32 Å². The summed E-state index contributed by atoms with van der Waals surface area (Å²) in [4.78, 5) is 9.13. The average molecular weight is 247 g/mol. The number of hydrogen-bond donors (Lipinski definition) is 1. The van der Waals surface area contributed by atoms with E-state index in [2.05, 4.69) is 42.1 Å². The van der Waals surface area contributed by atoms with E-state index in [1.54, 1.807) is 0 Å². The lowest BCUT2D eigenvalue weighted by Crippen LogP contribution is -2.25. The summed E-state index contributed by atoms with van der Waals surface area (Å²) in [5, 5.41) is 3.50. The number of anilines is 1. The number of nitrogens with zero attached hydrogens (tertiary/aromatic N) is 2. The Morgan fingerprint density at radius 1 is 1.17 bits per heavy atom. The van der Waals surface area contributed by atoms with Crippen LogP contribution in [0.25, 0.3) is 0 Å². The smallest absolute Gasteiger partial charge is 0.223 e. The number of hydrogen-bond acceptors (Lipinski definition) is 3. The summed E-state index contributed by atoms with van der Waals surface area (Å²) in [6.07, 6.45) is 5.44. The Morgan fingerprint density at radius 2 is 1.83 bits per heavy atom. The molecule has 1 unspecified atom stereocenters. The number of aromatic nitrogens is 2. The zero-order valence-electron chi connectivity index (χ0n) is 12.0. The van der Waals surface area contributed by atoms with Crippen LogP contribution in [0.4, 0.5) is 5.95 Å². The number of rotatable bonds is 4. The molecular formula is C15H25N3. The largest absolute Gasteiger partial charge is 0.351 e. The summed E-state index contributed by atoms with van der Waals surface area (Å²) in [5.74, 6) is 2.05. The molecule has 1 aliphatic carbocycles. The maximum absolute atomic E-state index is 4.62. The van der Waals surface area contributed by atoms with Gasteiger partial charge in [0.15, 0.2) is 0 Å². The van der Waals surface area contributed by atoms with Crippen molar-refractivity contribution in [2.45, 2.75) is 65.3 Å². The zero-order valence-corrected chi connectivity index (χ0v) is 12.0. The maximum atomic E-state index is 4.62. The molecule has 2 rings (SSSR count). The Labute approximate surface area is 110 Å². The molecule has 1 aromatic heterocycles. The predicted molar refractivity (Wildman–Crippen MR) is 75.9 cm³/mol.